The minimum Gasteiger partial charge on any atom is -0.493 e. The van der Waals surface area contributed by atoms with Crippen LogP contribution in [0.5, 0.6) is 0 Å². The number of anilines is 1. The molecule has 1 unspecified atom stereocenters. The number of hydrogen-bond donors (Lipinski definition) is 1. The van der Waals surface area contributed by atoms with Crippen LogP contribution in [-0.2, 0) is 11.2 Å². The molecule has 0 heterocycles. The summed E-state index contributed by atoms with van der Waals surface area (Å²) in [6, 6.07) is 6.64. The van der Waals surface area contributed by atoms with Crippen molar-refractivity contribution >= 4 is 5.69 Å². The van der Waals surface area contributed by atoms with Gasteiger partial charge in [0.1, 0.15) is 0 Å². The van der Waals surface area contributed by atoms with Gasteiger partial charge in [0.25, 0.3) is 0 Å². The van der Waals surface area contributed by atoms with E-state index in [4.69, 9.17) is 10.1 Å². The van der Waals surface area contributed by atoms with Gasteiger partial charge in [0.15, 0.2) is 10.7 Å². The largest absolute Gasteiger partial charge is 0.493 e. The number of methoxy groups -OCH3 is 1. The van der Waals surface area contributed by atoms with Crippen LogP contribution in [0.1, 0.15) is 24.5 Å². The van der Waals surface area contributed by atoms with E-state index in [-0.39, 0.29) is 6.04 Å². The molecule has 1 aromatic rings. The van der Waals surface area contributed by atoms with Crippen LogP contribution in [-0.4, -0.2) is 13.2 Å². The first kappa shape index (κ1) is 14.1. The van der Waals surface area contributed by atoms with Crippen LogP contribution in [0.2, 0.25) is 0 Å². The fraction of sp³-hybridized carbons (Fsp3) is 0.375. The summed E-state index contributed by atoms with van der Waals surface area (Å²) in [5.74, 6) is 0.691. The predicted molar refractivity (Wildman–Crippen MR) is 80.8 cm³/mol. The summed E-state index contributed by atoms with van der Waals surface area (Å²) in [5.41, 5.74) is 4.17. The summed E-state index contributed by atoms with van der Waals surface area (Å²) in [5, 5.41) is 12.4. The van der Waals surface area contributed by atoms with Gasteiger partial charge in [-0.05, 0) is 36.6 Å². The Balaban J connectivity index is 2.13. The summed E-state index contributed by atoms with van der Waals surface area (Å²) < 4.78 is 5.27. The van der Waals surface area contributed by atoms with Crippen LogP contribution in [0, 0.1) is 12.3 Å². The lowest BCUT2D eigenvalue weighted by Crippen LogP contribution is -2.21. The van der Waals surface area contributed by atoms with Gasteiger partial charge in [0.2, 0.25) is 5.39 Å². The number of ether oxygens (including phenoxy) is 1. The summed E-state index contributed by atoms with van der Waals surface area (Å²) in [7, 11) is 1.60. The second kappa shape index (κ2) is 6.25. The van der Waals surface area contributed by atoms with Gasteiger partial charge in [-0.1, -0.05) is 19.1 Å². The highest BCUT2D eigenvalue weighted by atomic mass is 16.5. The Morgan fingerprint density at radius 3 is 2.85 bits per heavy atom. The normalized spacial score (nSPS) is 17.8. The number of nitrogens with zero attached hydrogens (tertiary/aromatic N) is 2. The smallest absolute Gasteiger partial charge is 0.421 e. The van der Waals surface area contributed by atoms with E-state index in [0.717, 1.165) is 12.1 Å². The maximum atomic E-state index is 8.89. The Morgan fingerprint density at radius 1 is 1.40 bits per heavy atom. The fourth-order valence-corrected chi connectivity index (χ4v) is 2.41. The molecule has 0 saturated heterocycles. The van der Waals surface area contributed by atoms with Crippen molar-refractivity contribution in [1.29, 1.82) is 5.39 Å². The minimum atomic E-state index is 0.141. The van der Waals surface area contributed by atoms with Gasteiger partial charge in [0.05, 0.1) is 13.2 Å². The number of benzene rings is 1. The lowest BCUT2D eigenvalue weighted by molar-refractivity contribution is 0.271. The molecule has 1 aliphatic rings. The summed E-state index contributed by atoms with van der Waals surface area (Å²) in [4.78, 5) is 3.22. The van der Waals surface area contributed by atoms with E-state index >= 15 is 0 Å². The van der Waals surface area contributed by atoms with E-state index in [9.17, 15) is 0 Å². The number of diazo groups is 1. The van der Waals surface area contributed by atoms with Crippen LogP contribution >= 0.6 is 0 Å². The highest BCUT2D eigenvalue weighted by Crippen LogP contribution is 2.24. The Kier molecular flexibility index (Phi) is 4.41. The highest BCUT2D eigenvalue weighted by molar-refractivity contribution is 5.51. The SMILES string of the molecule is CCc1cc(C)cc(NC2C=CC([N+]#N)=C(OC)C2)c1. The Hall–Kier alpha value is -2.28. The quantitative estimate of drug-likeness (QED) is 0.841. The second-order valence-corrected chi connectivity index (χ2v) is 4.99. The van der Waals surface area contributed by atoms with E-state index in [1.165, 1.54) is 11.1 Å². The van der Waals surface area contributed by atoms with Crippen molar-refractivity contribution in [3.63, 3.8) is 0 Å². The van der Waals surface area contributed by atoms with Crippen molar-refractivity contribution in [3.05, 3.63) is 57.9 Å². The molecule has 2 rings (SSSR count). The molecule has 20 heavy (non-hydrogen) atoms. The average molecular weight is 270 g/mol. The molecule has 0 bridgehead atoms. The van der Waals surface area contributed by atoms with Gasteiger partial charge < -0.3 is 10.1 Å². The van der Waals surface area contributed by atoms with Crippen molar-refractivity contribution in [3.8, 4) is 0 Å². The fourth-order valence-electron chi connectivity index (χ4n) is 2.41. The molecule has 1 N–H and O–H groups in total. The molecule has 1 aliphatic carbocycles. The predicted octanol–water partition coefficient (Wildman–Crippen LogP) is 4.01. The Morgan fingerprint density at radius 2 is 2.20 bits per heavy atom. The van der Waals surface area contributed by atoms with Gasteiger partial charge >= 0.3 is 5.70 Å². The third kappa shape index (κ3) is 3.18. The van der Waals surface area contributed by atoms with Crippen molar-refractivity contribution in [1.82, 2.24) is 0 Å². The molecular formula is C16H20N3O+. The van der Waals surface area contributed by atoms with Gasteiger partial charge in [-0.2, -0.15) is 0 Å². The number of aryl methyl sites for hydroxylation is 2. The molecule has 4 nitrogen and oxygen atoms in total. The van der Waals surface area contributed by atoms with Crippen LogP contribution in [0.3, 0.4) is 0 Å². The second-order valence-electron chi connectivity index (χ2n) is 4.99. The number of allylic oxidation sites excluding steroid dienone is 1. The molecule has 0 amide bonds. The van der Waals surface area contributed by atoms with Crippen molar-refractivity contribution in [2.45, 2.75) is 32.7 Å². The number of hydrogen-bond acceptors (Lipinski definition) is 3. The van der Waals surface area contributed by atoms with E-state index < -0.39 is 0 Å². The van der Waals surface area contributed by atoms with Crippen LogP contribution in [0.4, 0.5) is 5.69 Å². The zero-order valence-electron chi connectivity index (χ0n) is 12.2. The Bertz CT molecular complexity index is 596. The van der Waals surface area contributed by atoms with Crippen molar-refractivity contribution in [2.75, 3.05) is 12.4 Å². The first-order valence-electron chi connectivity index (χ1n) is 6.83. The molecular weight excluding hydrogens is 250 g/mol. The third-order valence-corrected chi connectivity index (χ3v) is 3.43. The van der Waals surface area contributed by atoms with Crippen LogP contribution < -0.4 is 5.32 Å². The van der Waals surface area contributed by atoms with E-state index in [0.29, 0.717) is 17.9 Å². The molecule has 1 aromatic carbocycles. The zero-order valence-corrected chi connectivity index (χ0v) is 12.2. The minimum absolute atomic E-state index is 0.141. The van der Waals surface area contributed by atoms with Crippen molar-refractivity contribution < 1.29 is 4.74 Å². The van der Waals surface area contributed by atoms with Crippen LogP contribution in [0.25, 0.3) is 4.98 Å². The molecule has 0 aromatic heterocycles. The molecule has 0 radical (unpaired) electrons. The number of nitrogens with one attached hydrogen (secondary N) is 1. The molecule has 4 heteroatoms. The standard InChI is InChI=1S/C16H20N3O/c1-4-12-7-11(2)8-14(9-12)18-13-5-6-15(19-17)16(10-13)20-3/h5-9,13,18H,4,10H2,1-3H3/q+1. The van der Waals surface area contributed by atoms with E-state index in [1.54, 1.807) is 13.2 Å². The van der Waals surface area contributed by atoms with Gasteiger partial charge in [-0.25, -0.2) is 0 Å². The lowest BCUT2D eigenvalue weighted by Gasteiger charge is -2.19. The summed E-state index contributed by atoms with van der Waals surface area (Å²) in [6.45, 7) is 4.25. The maximum Gasteiger partial charge on any atom is 0.421 e. The molecule has 0 saturated carbocycles. The summed E-state index contributed by atoms with van der Waals surface area (Å²) >= 11 is 0. The van der Waals surface area contributed by atoms with Crippen molar-refractivity contribution in [2.24, 2.45) is 0 Å². The topological polar surface area (TPSA) is 49.4 Å². The average Bonchev–Trinajstić information content (AvgIpc) is 2.46. The van der Waals surface area contributed by atoms with Crippen LogP contribution in [0.15, 0.2) is 41.8 Å². The highest BCUT2D eigenvalue weighted by Gasteiger charge is 2.25. The molecule has 0 aliphatic heterocycles. The third-order valence-electron chi connectivity index (χ3n) is 3.43. The molecule has 1 atom stereocenters. The number of rotatable bonds is 4. The molecule has 104 valence electrons. The van der Waals surface area contributed by atoms with E-state index in [1.807, 2.05) is 6.08 Å². The monoisotopic (exact) mass is 270 g/mol. The Labute approximate surface area is 119 Å². The first-order chi connectivity index (χ1) is 9.66. The van der Waals surface area contributed by atoms with Gasteiger partial charge in [-0.3, -0.25) is 0 Å². The van der Waals surface area contributed by atoms with E-state index in [2.05, 4.69) is 42.3 Å². The molecule has 0 spiro atoms. The lowest BCUT2D eigenvalue weighted by atomic mass is 10.0. The first-order valence-corrected chi connectivity index (χ1v) is 6.83. The summed E-state index contributed by atoms with van der Waals surface area (Å²) in [6.07, 6.45) is 5.46. The maximum absolute atomic E-state index is 8.89. The molecule has 0 fully saturated rings. The zero-order chi connectivity index (χ0) is 14.5. The van der Waals surface area contributed by atoms with Gasteiger partial charge in [0, 0.05) is 18.2 Å². The van der Waals surface area contributed by atoms with Gasteiger partial charge in [-0.15, -0.1) is 0 Å².